The van der Waals surface area contributed by atoms with E-state index in [-0.39, 0.29) is 23.8 Å². The number of esters is 1. The zero-order chi connectivity index (χ0) is 19.2. The number of carbonyl (C=O) groups excluding carboxylic acids is 2. The van der Waals surface area contributed by atoms with Crippen LogP contribution in [0.15, 0.2) is 52.9 Å². The first kappa shape index (κ1) is 19.2. The Morgan fingerprint density at radius 2 is 1.96 bits per heavy atom. The van der Waals surface area contributed by atoms with Crippen LogP contribution in [0.5, 0.6) is 5.75 Å². The van der Waals surface area contributed by atoms with Crippen molar-refractivity contribution in [3.63, 3.8) is 0 Å². The van der Waals surface area contributed by atoms with E-state index in [0.717, 1.165) is 20.1 Å². The number of hydrogen-bond donors (Lipinski definition) is 2. The Labute approximate surface area is 164 Å². The Kier molecular flexibility index (Phi) is 6.31. The van der Waals surface area contributed by atoms with Gasteiger partial charge < -0.3 is 15.2 Å². The summed E-state index contributed by atoms with van der Waals surface area (Å²) in [5.74, 6) is -0.484. The SMILES string of the molecule is COC(=O)C(Cc1ccc(O)cc1)NC(=O)CSc1nc2ccccc2s1. The van der Waals surface area contributed by atoms with Gasteiger partial charge in [0.15, 0.2) is 4.34 Å². The molecule has 3 aromatic rings. The lowest BCUT2D eigenvalue weighted by Crippen LogP contribution is -2.43. The fraction of sp³-hybridized carbons (Fsp3) is 0.211. The molecule has 0 spiro atoms. The molecule has 0 fully saturated rings. The fourth-order valence-corrected chi connectivity index (χ4v) is 4.36. The van der Waals surface area contributed by atoms with Gasteiger partial charge in [-0.05, 0) is 29.8 Å². The molecule has 0 bridgehead atoms. The highest BCUT2D eigenvalue weighted by Gasteiger charge is 2.22. The highest BCUT2D eigenvalue weighted by atomic mass is 32.2. The third-order valence-electron chi connectivity index (χ3n) is 3.80. The summed E-state index contributed by atoms with van der Waals surface area (Å²) in [7, 11) is 1.29. The largest absolute Gasteiger partial charge is 0.508 e. The molecule has 2 N–H and O–H groups in total. The Morgan fingerprint density at radius 1 is 1.22 bits per heavy atom. The summed E-state index contributed by atoms with van der Waals surface area (Å²) in [4.78, 5) is 28.8. The van der Waals surface area contributed by atoms with Crippen LogP contribution in [0.2, 0.25) is 0 Å². The first-order chi connectivity index (χ1) is 13.0. The zero-order valence-corrected chi connectivity index (χ0v) is 16.2. The number of amides is 1. The molecule has 0 aliphatic carbocycles. The van der Waals surface area contributed by atoms with Crippen molar-refractivity contribution in [1.82, 2.24) is 10.3 Å². The summed E-state index contributed by atoms with van der Waals surface area (Å²) in [5, 5.41) is 12.1. The van der Waals surface area contributed by atoms with Gasteiger partial charge >= 0.3 is 5.97 Å². The molecule has 1 aromatic heterocycles. The van der Waals surface area contributed by atoms with Gasteiger partial charge in [-0.2, -0.15) is 0 Å². The van der Waals surface area contributed by atoms with Crippen molar-refractivity contribution in [2.75, 3.05) is 12.9 Å². The van der Waals surface area contributed by atoms with Crippen LogP contribution in [-0.2, 0) is 20.7 Å². The number of rotatable bonds is 7. The number of ether oxygens (including phenoxy) is 1. The normalized spacial score (nSPS) is 11.9. The number of phenolic OH excluding ortho intramolecular Hbond substituents is 1. The summed E-state index contributed by atoms with van der Waals surface area (Å²) in [6, 6.07) is 13.5. The third kappa shape index (κ3) is 5.21. The predicted octanol–water partition coefficient (Wildman–Crippen LogP) is 2.99. The zero-order valence-electron chi connectivity index (χ0n) is 14.5. The number of aromatic hydroxyl groups is 1. The minimum Gasteiger partial charge on any atom is -0.508 e. The Hall–Kier alpha value is -2.58. The Balaban J connectivity index is 1.59. The smallest absolute Gasteiger partial charge is 0.328 e. The van der Waals surface area contributed by atoms with Crippen LogP contribution in [0.1, 0.15) is 5.56 Å². The molecule has 3 rings (SSSR count). The maximum Gasteiger partial charge on any atom is 0.328 e. The maximum absolute atomic E-state index is 12.3. The minimum absolute atomic E-state index is 0.143. The molecule has 1 atom stereocenters. The second-order valence-corrected chi connectivity index (χ2v) is 8.00. The maximum atomic E-state index is 12.3. The van der Waals surface area contributed by atoms with Gasteiger partial charge in [-0.3, -0.25) is 4.79 Å². The number of nitrogens with one attached hydrogen (secondary N) is 1. The molecular formula is C19H18N2O4S2. The van der Waals surface area contributed by atoms with Gasteiger partial charge in [-0.25, -0.2) is 9.78 Å². The lowest BCUT2D eigenvalue weighted by Gasteiger charge is -2.16. The van der Waals surface area contributed by atoms with Crippen LogP contribution < -0.4 is 5.32 Å². The number of para-hydroxylation sites is 1. The van der Waals surface area contributed by atoms with Crippen LogP contribution in [0.4, 0.5) is 0 Å². The van der Waals surface area contributed by atoms with E-state index >= 15 is 0 Å². The van der Waals surface area contributed by atoms with Crippen molar-refractivity contribution in [2.45, 2.75) is 16.8 Å². The average molecular weight is 402 g/mol. The van der Waals surface area contributed by atoms with Gasteiger partial charge in [0.05, 0.1) is 23.1 Å². The molecule has 6 nitrogen and oxygen atoms in total. The third-order valence-corrected chi connectivity index (χ3v) is 5.98. The second-order valence-electron chi connectivity index (χ2n) is 5.75. The highest BCUT2D eigenvalue weighted by Crippen LogP contribution is 2.29. The Bertz CT molecular complexity index is 907. The lowest BCUT2D eigenvalue weighted by atomic mass is 10.1. The molecule has 8 heteroatoms. The quantitative estimate of drug-likeness (QED) is 0.467. The van der Waals surface area contributed by atoms with Crippen LogP contribution >= 0.6 is 23.1 Å². The number of phenols is 1. The van der Waals surface area contributed by atoms with Gasteiger partial charge in [-0.15, -0.1) is 11.3 Å². The first-order valence-corrected chi connectivity index (χ1v) is 9.99. The molecule has 1 unspecified atom stereocenters. The summed E-state index contributed by atoms with van der Waals surface area (Å²) in [5.41, 5.74) is 1.72. The monoisotopic (exact) mass is 402 g/mol. The lowest BCUT2D eigenvalue weighted by molar-refractivity contribution is -0.144. The minimum atomic E-state index is -0.789. The van der Waals surface area contributed by atoms with Crippen molar-refractivity contribution < 1.29 is 19.4 Å². The van der Waals surface area contributed by atoms with Crippen LogP contribution in [0.3, 0.4) is 0 Å². The van der Waals surface area contributed by atoms with Crippen LogP contribution in [0.25, 0.3) is 10.2 Å². The molecular weight excluding hydrogens is 384 g/mol. The van der Waals surface area contributed by atoms with Crippen LogP contribution in [-0.4, -0.2) is 40.9 Å². The van der Waals surface area contributed by atoms with Crippen LogP contribution in [0, 0.1) is 0 Å². The molecule has 0 saturated heterocycles. The van der Waals surface area contributed by atoms with E-state index in [1.807, 2.05) is 24.3 Å². The molecule has 27 heavy (non-hydrogen) atoms. The molecule has 140 valence electrons. The summed E-state index contributed by atoms with van der Waals surface area (Å²) < 4.78 is 6.67. The summed E-state index contributed by atoms with van der Waals surface area (Å²) in [6.07, 6.45) is 0.282. The van der Waals surface area contributed by atoms with Crippen molar-refractivity contribution in [3.8, 4) is 5.75 Å². The summed E-state index contributed by atoms with van der Waals surface area (Å²) in [6.45, 7) is 0. The van der Waals surface area contributed by atoms with E-state index < -0.39 is 12.0 Å². The number of methoxy groups -OCH3 is 1. The predicted molar refractivity (Wildman–Crippen MR) is 106 cm³/mol. The number of aromatic nitrogens is 1. The number of nitrogens with zero attached hydrogens (tertiary/aromatic N) is 1. The van der Waals surface area contributed by atoms with E-state index in [1.165, 1.54) is 42.3 Å². The molecule has 0 aliphatic heterocycles. The number of hydrogen-bond acceptors (Lipinski definition) is 7. The van der Waals surface area contributed by atoms with E-state index in [2.05, 4.69) is 10.3 Å². The number of thiazole rings is 1. The highest BCUT2D eigenvalue weighted by molar-refractivity contribution is 8.01. The molecule has 0 saturated carbocycles. The van der Waals surface area contributed by atoms with Gasteiger partial charge in [0.1, 0.15) is 11.8 Å². The van der Waals surface area contributed by atoms with Crippen molar-refractivity contribution in [2.24, 2.45) is 0 Å². The number of carbonyl (C=O) groups is 2. The molecule has 2 aromatic carbocycles. The number of thioether (sulfide) groups is 1. The average Bonchev–Trinajstić information content (AvgIpc) is 3.10. The van der Waals surface area contributed by atoms with Gasteiger partial charge in [-0.1, -0.05) is 36.0 Å². The summed E-state index contributed by atoms with van der Waals surface area (Å²) >= 11 is 2.86. The van der Waals surface area contributed by atoms with Crippen molar-refractivity contribution >= 4 is 45.2 Å². The number of benzene rings is 2. The first-order valence-electron chi connectivity index (χ1n) is 8.18. The van der Waals surface area contributed by atoms with Crippen molar-refractivity contribution in [1.29, 1.82) is 0 Å². The van der Waals surface area contributed by atoms with Gasteiger partial charge in [0.25, 0.3) is 0 Å². The molecule has 0 aliphatic rings. The number of fused-ring (bicyclic) bond motifs is 1. The second kappa shape index (κ2) is 8.88. The van der Waals surface area contributed by atoms with E-state index in [0.29, 0.717) is 0 Å². The Morgan fingerprint density at radius 3 is 2.67 bits per heavy atom. The van der Waals surface area contributed by atoms with Gasteiger partial charge in [0, 0.05) is 6.42 Å². The standard InChI is InChI=1S/C19H18N2O4S2/c1-25-18(24)15(10-12-6-8-13(22)9-7-12)20-17(23)11-26-19-21-14-4-2-3-5-16(14)27-19/h2-9,15,22H,10-11H2,1H3,(H,20,23). The van der Waals surface area contributed by atoms with E-state index in [9.17, 15) is 14.7 Å². The van der Waals surface area contributed by atoms with E-state index in [4.69, 9.17) is 4.74 Å². The van der Waals surface area contributed by atoms with Crippen molar-refractivity contribution in [3.05, 3.63) is 54.1 Å². The topological polar surface area (TPSA) is 88.5 Å². The molecule has 1 heterocycles. The fourth-order valence-electron chi connectivity index (χ4n) is 2.48. The van der Waals surface area contributed by atoms with E-state index in [1.54, 1.807) is 12.1 Å². The molecule has 0 radical (unpaired) electrons. The molecule has 1 amide bonds. The van der Waals surface area contributed by atoms with Gasteiger partial charge in [0.2, 0.25) is 5.91 Å².